The van der Waals surface area contributed by atoms with Gasteiger partial charge in [-0.2, -0.15) is 0 Å². The molecule has 0 saturated heterocycles. The second-order valence-electron chi connectivity index (χ2n) is 2.09. The molecule has 1 unspecified atom stereocenters. The number of alkyl halides is 3. The summed E-state index contributed by atoms with van der Waals surface area (Å²) in [6.07, 6.45) is 0.479. The van der Waals surface area contributed by atoms with Gasteiger partial charge in [0.2, 0.25) is 0 Å². The standard InChI is InChI=1S/C5H4Cl4/c1-3(6)4(7)2-5(4,8)9/h1-2H2. The smallest absolute Gasteiger partial charge is 0.110 e. The van der Waals surface area contributed by atoms with Crippen LogP contribution < -0.4 is 0 Å². The molecular weight excluding hydrogens is 202 g/mol. The molecule has 0 N–H and O–H groups in total. The zero-order valence-corrected chi connectivity index (χ0v) is 7.45. The Morgan fingerprint density at radius 3 is 1.67 bits per heavy atom. The van der Waals surface area contributed by atoms with Crippen molar-refractivity contribution in [2.45, 2.75) is 15.6 Å². The van der Waals surface area contributed by atoms with Gasteiger partial charge >= 0.3 is 0 Å². The van der Waals surface area contributed by atoms with E-state index in [4.69, 9.17) is 46.4 Å². The fraction of sp³-hybridized carbons (Fsp3) is 0.600. The first kappa shape index (κ1) is 8.00. The molecule has 1 saturated carbocycles. The molecule has 0 heterocycles. The van der Waals surface area contributed by atoms with E-state index in [2.05, 4.69) is 6.58 Å². The predicted molar refractivity (Wildman–Crippen MR) is 42.6 cm³/mol. The Bertz CT molecular complexity index is 162. The van der Waals surface area contributed by atoms with E-state index in [-0.39, 0.29) is 0 Å². The van der Waals surface area contributed by atoms with E-state index in [0.29, 0.717) is 11.5 Å². The summed E-state index contributed by atoms with van der Waals surface area (Å²) in [5.74, 6) is 0. The van der Waals surface area contributed by atoms with Crippen LogP contribution in [-0.2, 0) is 0 Å². The second kappa shape index (κ2) is 1.94. The van der Waals surface area contributed by atoms with Gasteiger partial charge in [-0.25, -0.2) is 0 Å². The molecule has 9 heavy (non-hydrogen) atoms. The van der Waals surface area contributed by atoms with Gasteiger partial charge in [-0.3, -0.25) is 0 Å². The summed E-state index contributed by atoms with van der Waals surface area (Å²) in [5.41, 5.74) is 0. The van der Waals surface area contributed by atoms with Gasteiger partial charge in [0.15, 0.2) is 0 Å². The predicted octanol–water partition coefficient (Wildman–Crippen LogP) is 3.29. The Kier molecular flexibility index (Phi) is 1.73. The summed E-state index contributed by atoms with van der Waals surface area (Å²) >= 11 is 22.5. The molecule has 52 valence electrons. The third-order valence-corrected chi connectivity index (χ3v) is 3.56. The van der Waals surface area contributed by atoms with E-state index < -0.39 is 9.21 Å². The molecule has 1 aliphatic carbocycles. The highest BCUT2D eigenvalue weighted by Gasteiger charge is 2.67. The topological polar surface area (TPSA) is 0 Å². The zero-order valence-electron chi connectivity index (χ0n) is 4.43. The number of allylic oxidation sites excluding steroid dienone is 1. The van der Waals surface area contributed by atoms with Crippen molar-refractivity contribution in [3.8, 4) is 0 Å². The van der Waals surface area contributed by atoms with Crippen molar-refractivity contribution in [2.24, 2.45) is 0 Å². The average molecular weight is 206 g/mol. The molecule has 1 atom stereocenters. The van der Waals surface area contributed by atoms with Gasteiger partial charge < -0.3 is 0 Å². The Morgan fingerprint density at radius 2 is 1.67 bits per heavy atom. The first-order chi connectivity index (χ1) is 3.90. The summed E-state index contributed by atoms with van der Waals surface area (Å²) in [6, 6.07) is 0. The molecule has 4 heteroatoms. The second-order valence-corrected chi connectivity index (χ2v) is 4.67. The monoisotopic (exact) mass is 204 g/mol. The minimum atomic E-state index is -0.895. The van der Waals surface area contributed by atoms with E-state index in [1.165, 1.54) is 0 Å². The highest BCUT2D eigenvalue weighted by atomic mass is 35.5. The molecule has 1 aliphatic rings. The van der Waals surface area contributed by atoms with Crippen LogP contribution in [0.5, 0.6) is 0 Å². The maximum absolute atomic E-state index is 5.78. The minimum Gasteiger partial charge on any atom is -0.110 e. The van der Waals surface area contributed by atoms with Crippen LogP contribution in [0, 0.1) is 0 Å². The third-order valence-electron chi connectivity index (χ3n) is 1.35. The van der Waals surface area contributed by atoms with Crippen LogP contribution in [0.4, 0.5) is 0 Å². The maximum atomic E-state index is 5.78. The highest BCUT2D eigenvalue weighted by molar-refractivity contribution is 6.60. The van der Waals surface area contributed by atoms with Gasteiger partial charge in [-0.15, -0.1) is 11.6 Å². The molecule has 0 aliphatic heterocycles. The number of hydrogen-bond acceptors (Lipinski definition) is 0. The summed E-state index contributed by atoms with van der Waals surface area (Å²) < 4.78 is -0.895. The van der Waals surface area contributed by atoms with Crippen LogP contribution >= 0.6 is 46.4 Å². The quantitative estimate of drug-likeness (QED) is 0.577. The summed E-state index contributed by atoms with van der Waals surface area (Å²) in [7, 11) is 0. The van der Waals surface area contributed by atoms with Crippen molar-refractivity contribution in [1.82, 2.24) is 0 Å². The Morgan fingerprint density at radius 1 is 1.33 bits per heavy atom. The molecule has 0 radical (unpaired) electrons. The fourth-order valence-corrected chi connectivity index (χ4v) is 1.85. The molecule has 0 aromatic heterocycles. The Balaban J connectivity index is 2.74. The lowest BCUT2D eigenvalue weighted by Gasteiger charge is -2.04. The summed E-state index contributed by atoms with van der Waals surface area (Å²) in [4.78, 5) is -0.780. The third kappa shape index (κ3) is 1.07. The van der Waals surface area contributed by atoms with E-state index >= 15 is 0 Å². The lowest BCUT2D eigenvalue weighted by atomic mass is 10.4. The molecule has 0 aromatic rings. The van der Waals surface area contributed by atoms with Gasteiger partial charge in [0.1, 0.15) is 9.21 Å². The lowest BCUT2D eigenvalue weighted by molar-refractivity contribution is 1.12. The van der Waals surface area contributed by atoms with Crippen LogP contribution in [0.3, 0.4) is 0 Å². The molecule has 0 bridgehead atoms. The van der Waals surface area contributed by atoms with Gasteiger partial charge in [-0.05, 0) is 0 Å². The van der Waals surface area contributed by atoms with Crippen molar-refractivity contribution in [2.75, 3.05) is 0 Å². The van der Waals surface area contributed by atoms with Crippen LogP contribution in [0.25, 0.3) is 0 Å². The molecular formula is C5H4Cl4. The number of rotatable bonds is 1. The van der Waals surface area contributed by atoms with Crippen LogP contribution in [-0.4, -0.2) is 9.21 Å². The molecule has 0 spiro atoms. The van der Waals surface area contributed by atoms with Crippen LogP contribution in [0.1, 0.15) is 6.42 Å². The molecule has 1 fully saturated rings. The molecule has 0 aromatic carbocycles. The normalized spacial score (nSPS) is 38.2. The van der Waals surface area contributed by atoms with E-state index in [9.17, 15) is 0 Å². The van der Waals surface area contributed by atoms with E-state index in [1.807, 2.05) is 0 Å². The van der Waals surface area contributed by atoms with Crippen molar-refractivity contribution in [1.29, 1.82) is 0 Å². The number of halogens is 4. The summed E-state index contributed by atoms with van der Waals surface area (Å²) in [6.45, 7) is 3.45. The van der Waals surface area contributed by atoms with Crippen molar-refractivity contribution in [3.05, 3.63) is 11.6 Å². The molecule has 0 nitrogen and oxygen atoms in total. The van der Waals surface area contributed by atoms with Gasteiger partial charge in [0.25, 0.3) is 0 Å². The van der Waals surface area contributed by atoms with Crippen LogP contribution in [0.15, 0.2) is 11.6 Å². The van der Waals surface area contributed by atoms with Gasteiger partial charge in [-0.1, -0.05) is 41.4 Å². The van der Waals surface area contributed by atoms with Crippen molar-refractivity contribution >= 4 is 46.4 Å². The molecule has 0 amide bonds. The number of hydrogen-bond donors (Lipinski definition) is 0. The van der Waals surface area contributed by atoms with Gasteiger partial charge in [0, 0.05) is 11.5 Å². The van der Waals surface area contributed by atoms with Crippen LogP contribution in [0.2, 0.25) is 0 Å². The summed E-state index contributed by atoms with van der Waals surface area (Å²) in [5, 5.41) is 0.314. The Hall–Kier alpha value is 0.900. The fourth-order valence-electron chi connectivity index (χ4n) is 0.556. The average Bonchev–Trinajstić information content (AvgIpc) is 2.08. The first-order valence-corrected chi connectivity index (χ1v) is 3.83. The highest BCUT2D eigenvalue weighted by Crippen LogP contribution is 2.65. The van der Waals surface area contributed by atoms with Gasteiger partial charge in [0.05, 0.1) is 0 Å². The minimum absolute atomic E-state index is 0.314. The Labute approximate surface area is 73.7 Å². The molecule has 1 rings (SSSR count). The maximum Gasteiger partial charge on any atom is 0.144 e. The largest absolute Gasteiger partial charge is 0.144 e. The van der Waals surface area contributed by atoms with E-state index in [1.54, 1.807) is 0 Å². The zero-order chi connectivity index (χ0) is 7.28. The SMILES string of the molecule is C=C(Cl)C1(Cl)CC1(Cl)Cl. The van der Waals surface area contributed by atoms with Crippen molar-refractivity contribution < 1.29 is 0 Å². The van der Waals surface area contributed by atoms with Crippen molar-refractivity contribution in [3.63, 3.8) is 0 Å². The lowest BCUT2D eigenvalue weighted by Crippen LogP contribution is -2.07. The van der Waals surface area contributed by atoms with E-state index in [0.717, 1.165) is 0 Å². The first-order valence-electron chi connectivity index (χ1n) is 2.32.